The molecule has 0 saturated heterocycles. The van der Waals surface area contributed by atoms with E-state index in [2.05, 4.69) is 18.1 Å². The molecular formula is C16H19NO2. The molecule has 2 aromatic carbocycles. The third-order valence-corrected chi connectivity index (χ3v) is 3.16. The van der Waals surface area contributed by atoms with Crippen LogP contribution in [0, 0.1) is 0 Å². The zero-order valence-electron chi connectivity index (χ0n) is 11.4. The van der Waals surface area contributed by atoms with Crippen LogP contribution in [0.2, 0.25) is 0 Å². The molecule has 1 N–H and O–H groups in total. The third kappa shape index (κ3) is 2.87. The van der Waals surface area contributed by atoms with Gasteiger partial charge in [-0.05, 0) is 24.8 Å². The molecule has 0 spiro atoms. The van der Waals surface area contributed by atoms with Crippen LogP contribution in [0.1, 0.15) is 32.3 Å². The normalized spacial score (nSPS) is 11.8. The summed E-state index contributed by atoms with van der Waals surface area (Å²) in [4.78, 5) is 0. The molecule has 0 radical (unpaired) electrons. The predicted octanol–water partition coefficient (Wildman–Crippen LogP) is 4.22. The van der Waals surface area contributed by atoms with E-state index in [1.54, 1.807) is 6.92 Å². The van der Waals surface area contributed by atoms with Crippen molar-refractivity contribution in [2.45, 2.75) is 26.7 Å². The molecule has 0 atom stereocenters. The molecule has 0 aliphatic rings. The van der Waals surface area contributed by atoms with Gasteiger partial charge < -0.3 is 9.94 Å². The van der Waals surface area contributed by atoms with Crippen LogP contribution < -0.4 is 4.74 Å². The molecule has 0 fully saturated rings. The second kappa shape index (κ2) is 6.23. The van der Waals surface area contributed by atoms with Crippen LogP contribution in [0.4, 0.5) is 0 Å². The summed E-state index contributed by atoms with van der Waals surface area (Å²) in [5.74, 6) is 0.807. The Hall–Kier alpha value is -2.03. The van der Waals surface area contributed by atoms with E-state index >= 15 is 0 Å². The number of hydrogen-bond acceptors (Lipinski definition) is 3. The predicted molar refractivity (Wildman–Crippen MR) is 78.3 cm³/mol. The number of benzene rings is 2. The molecule has 19 heavy (non-hydrogen) atoms. The van der Waals surface area contributed by atoms with Gasteiger partial charge >= 0.3 is 0 Å². The van der Waals surface area contributed by atoms with Gasteiger partial charge in [0, 0.05) is 10.9 Å². The molecule has 3 heteroatoms. The minimum Gasteiger partial charge on any atom is -0.492 e. The van der Waals surface area contributed by atoms with Crippen molar-refractivity contribution in [2.24, 2.45) is 5.16 Å². The van der Waals surface area contributed by atoms with Crippen LogP contribution in [0.5, 0.6) is 5.75 Å². The zero-order valence-corrected chi connectivity index (χ0v) is 11.4. The summed E-state index contributed by atoms with van der Waals surface area (Å²) in [6, 6.07) is 12.0. The van der Waals surface area contributed by atoms with E-state index in [9.17, 15) is 0 Å². The number of hydrogen-bond donors (Lipinski definition) is 1. The van der Waals surface area contributed by atoms with Crippen LogP contribution in [0.3, 0.4) is 0 Å². The average Bonchev–Trinajstić information content (AvgIpc) is 2.46. The van der Waals surface area contributed by atoms with Gasteiger partial charge in [-0.25, -0.2) is 0 Å². The van der Waals surface area contributed by atoms with Crippen molar-refractivity contribution in [1.82, 2.24) is 0 Å². The van der Waals surface area contributed by atoms with Crippen molar-refractivity contribution in [3.8, 4) is 5.75 Å². The molecule has 0 bridgehead atoms. The van der Waals surface area contributed by atoms with E-state index in [0.717, 1.165) is 34.9 Å². The summed E-state index contributed by atoms with van der Waals surface area (Å²) in [5, 5.41) is 14.5. The Bertz CT molecular complexity index is 590. The van der Waals surface area contributed by atoms with E-state index in [0.29, 0.717) is 12.3 Å². The number of unbranched alkanes of at least 4 members (excludes halogenated alkanes) is 1. The fourth-order valence-corrected chi connectivity index (χ4v) is 2.06. The van der Waals surface area contributed by atoms with Crippen LogP contribution in [-0.4, -0.2) is 17.5 Å². The van der Waals surface area contributed by atoms with E-state index in [1.165, 1.54) is 0 Å². The highest BCUT2D eigenvalue weighted by Crippen LogP contribution is 2.30. The Labute approximate surface area is 113 Å². The van der Waals surface area contributed by atoms with Gasteiger partial charge in [0.1, 0.15) is 5.75 Å². The second-order valence-electron chi connectivity index (χ2n) is 4.55. The van der Waals surface area contributed by atoms with E-state index in [4.69, 9.17) is 9.94 Å². The average molecular weight is 257 g/mol. The monoisotopic (exact) mass is 257 g/mol. The first-order chi connectivity index (χ1) is 9.27. The number of fused-ring (bicyclic) bond motifs is 1. The Morgan fingerprint density at radius 1 is 1.21 bits per heavy atom. The Morgan fingerprint density at radius 3 is 2.74 bits per heavy atom. The van der Waals surface area contributed by atoms with Crippen molar-refractivity contribution in [2.75, 3.05) is 6.61 Å². The number of ether oxygens (including phenoxy) is 1. The lowest BCUT2D eigenvalue weighted by Gasteiger charge is -2.13. The van der Waals surface area contributed by atoms with Gasteiger partial charge in [-0.2, -0.15) is 0 Å². The summed E-state index contributed by atoms with van der Waals surface area (Å²) < 4.78 is 5.92. The van der Waals surface area contributed by atoms with E-state index in [-0.39, 0.29) is 0 Å². The second-order valence-corrected chi connectivity index (χ2v) is 4.55. The lowest BCUT2D eigenvalue weighted by atomic mass is 10.0. The number of oxime groups is 1. The van der Waals surface area contributed by atoms with E-state index in [1.807, 2.05) is 30.3 Å². The summed E-state index contributed by atoms with van der Waals surface area (Å²) in [6.45, 7) is 4.58. The smallest absolute Gasteiger partial charge is 0.136 e. The maximum absolute atomic E-state index is 8.99. The lowest BCUT2D eigenvalue weighted by molar-refractivity contribution is 0.309. The standard InChI is InChI=1S/C16H19NO2/c1-3-4-11-19-16-14(12(2)17-18)10-9-13-7-5-6-8-15(13)16/h5-10,18H,3-4,11H2,1-2H3/b17-12+. The molecule has 0 amide bonds. The molecule has 0 heterocycles. The van der Waals surface area contributed by atoms with E-state index < -0.39 is 0 Å². The number of rotatable bonds is 5. The Morgan fingerprint density at radius 2 is 2.00 bits per heavy atom. The molecule has 0 aliphatic carbocycles. The van der Waals surface area contributed by atoms with Crippen LogP contribution in [-0.2, 0) is 0 Å². The van der Waals surface area contributed by atoms with Crippen LogP contribution >= 0.6 is 0 Å². The molecule has 3 nitrogen and oxygen atoms in total. The summed E-state index contributed by atoms with van der Waals surface area (Å²) >= 11 is 0. The maximum atomic E-state index is 8.99. The molecule has 2 aromatic rings. The zero-order chi connectivity index (χ0) is 13.7. The highest BCUT2D eigenvalue weighted by atomic mass is 16.5. The SMILES string of the molecule is CCCCOc1c(/C(C)=N/O)ccc2ccccc12. The van der Waals surface area contributed by atoms with Crippen LogP contribution in [0.25, 0.3) is 10.8 Å². The van der Waals surface area contributed by atoms with Crippen molar-refractivity contribution >= 4 is 16.5 Å². The topological polar surface area (TPSA) is 41.8 Å². The third-order valence-electron chi connectivity index (χ3n) is 3.16. The summed E-state index contributed by atoms with van der Waals surface area (Å²) in [7, 11) is 0. The maximum Gasteiger partial charge on any atom is 0.136 e. The van der Waals surface area contributed by atoms with Gasteiger partial charge in [-0.15, -0.1) is 0 Å². The summed E-state index contributed by atoms with van der Waals surface area (Å²) in [6.07, 6.45) is 2.10. The molecule has 0 aromatic heterocycles. The van der Waals surface area contributed by atoms with Gasteiger partial charge in [0.05, 0.1) is 12.3 Å². The Kier molecular flexibility index (Phi) is 4.39. The summed E-state index contributed by atoms with van der Waals surface area (Å²) in [5.41, 5.74) is 1.41. The van der Waals surface area contributed by atoms with Gasteiger partial charge in [-0.3, -0.25) is 0 Å². The van der Waals surface area contributed by atoms with Crippen molar-refractivity contribution in [1.29, 1.82) is 0 Å². The fourth-order valence-electron chi connectivity index (χ4n) is 2.06. The Balaban J connectivity index is 2.51. The molecule has 0 saturated carbocycles. The first-order valence-corrected chi connectivity index (χ1v) is 6.61. The fraction of sp³-hybridized carbons (Fsp3) is 0.312. The number of nitrogens with zero attached hydrogens (tertiary/aromatic N) is 1. The van der Waals surface area contributed by atoms with Gasteiger partial charge in [0.2, 0.25) is 0 Å². The quantitative estimate of drug-likeness (QED) is 0.377. The molecule has 100 valence electrons. The highest BCUT2D eigenvalue weighted by Gasteiger charge is 2.11. The van der Waals surface area contributed by atoms with Crippen molar-refractivity contribution < 1.29 is 9.94 Å². The molecule has 0 unspecified atom stereocenters. The highest BCUT2D eigenvalue weighted by molar-refractivity contribution is 6.06. The van der Waals surface area contributed by atoms with Crippen molar-refractivity contribution in [3.05, 3.63) is 42.0 Å². The molecule has 0 aliphatic heterocycles. The minimum atomic E-state index is 0.567. The van der Waals surface area contributed by atoms with Gasteiger partial charge in [0.25, 0.3) is 0 Å². The van der Waals surface area contributed by atoms with Gasteiger partial charge in [-0.1, -0.05) is 48.8 Å². The molecular weight excluding hydrogens is 238 g/mol. The lowest BCUT2D eigenvalue weighted by Crippen LogP contribution is -2.04. The van der Waals surface area contributed by atoms with Gasteiger partial charge in [0.15, 0.2) is 0 Å². The first kappa shape index (κ1) is 13.4. The van der Waals surface area contributed by atoms with Crippen molar-refractivity contribution in [3.63, 3.8) is 0 Å². The van der Waals surface area contributed by atoms with Crippen LogP contribution in [0.15, 0.2) is 41.6 Å². The largest absolute Gasteiger partial charge is 0.492 e. The minimum absolute atomic E-state index is 0.567. The molecule has 2 rings (SSSR count). The first-order valence-electron chi connectivity index (χ1n) is 6.61.